The first-order valence-electron chi connectivity index (χ1n) is 9.16. The highest BCUT2D eigenvalue weighted by atomic mass is 35.5. The summed E-state index contributed by atoms with van der Waals surface area (Å²) in [6, 6.07) is 8.03. The van der Waals surface area contributed by atoms with Gasteiger partial charge in [0.05, 0.1) is 25.6 Å². The van der Waals surface area contributed by atoms with E-state index < -0.39 is 22.8 Å². The number of nitrogens with zero attached hydrogens (tertiary/aromatic N) is 1. The summed E-state index contributed by atoms with van der Waals surface area (Å²) in [5.74, 6) is -0.653. The van der Waals surface area contributed by atoms with Gasteiger partial charge in [-0.05, 0) is 42.8 Å². The number of carboxylic acid groups (broad SMARTS) is 1. The van der Waals surface area contributed by atoms with Gasteiger partial charge in [-0.15, -0.1) is 0 Å². The number of carbonyl (C=O) groups is 2. The lowest BCUT2D eigenvalue weighted by atomic mass is 10.1. The third-order valence-electron chi connectivity index (χ3n) is 4.37. The zero-order valence-electron chi connectivity index (χ0n) is 16.9. The summed E-state index contributed by atoms with van der Waals surface area (Å²) < 4.78 is 10.4. The van der Waals surface area contributed by atoms with Crippen LogP contribution in [0.2, 0.25) is 5.02 Å². The van der Waals surface area contributed by atoms with Crippen molar-refractivity contribution in [3.8, 4) is 11.5 Å². The molecule has 2 aromatic rings. The molecule has 0 aromatic heterocycles. The van der Waals surface area contributed by atoms with Crippen LogP contribution in [0.15, 0.2) is 36.4 Å². The van der Waals surface area contributed by atoms with Gasteiger partial charge in [-0.2, -0.15) is 0 Å². The topological polar surface area (TPSA) is 140 Å². The summed E-state index contributed by atoms with van der Waals surface area (Å²) >= 11 is 5.74. The Labute approximate surface area is 183 Å². The van der Waals surface area contributed by atoms with Gasteiger partial charge < -0.3 is 25.2 Å². The van der Waals surface area contributed by atoms with Gasteiger partial charge >= 0.3 is 5.97 Å². The van der Waals surface area contributed by atoms with Crippen molar-refractivity contribution in [2.24, 2.45) is 0 Å². The largest absolute Gasteiger partial charge is 0.493 e. The number of nitro groups is 1. The summed E-state index contributed by atoms with van der Waals surface area (Å²) in [7, 11) is 3.05. The second-order valence-corrected chi connectivity index (χ2v) is 6.87. The molecule has 0 saturated carbocycles. The average molecular weight is 452 g/mol. The lowest BCUT2D eigenvalue weighted by Crippen LogP contribution is -2.40. The summed E-state index contributed by atoms with van der Waals surface area (Å²) in [6.07, 6.45) is 0.132. The quantitative estimate of drug-likeness (QED) is 0.350. The van der Waals surface area contributed by atoms with E-state index in [9.17, 15) is 24.8 Å². The Kier molecular flexibility index (Phi) is 8.59. The van der Waals surface area contributed by atoms with Crippen LogP contribution in [-0.4, -0.2) is 48.7 Å². The lowest BCUT2D eigenvalue weighted by molar-refractivity contribution is -0.384. The van der Waals surface area contributed by atoms with E-state index in [2.05, 4.69) is 10.6 Å². The fraction of sp³-hybridized carbons (Fsp3) is 0.300. The number of ether oxygens (including phenoxy) is 2. The van der Waals surface area contributed by atoms with Crippen molar-refractivity contribution in [1.29, 1.82) is 0 Å². The molecule has 1 atom stereocenters. The Bertz CT molecular complexity index is 968. The van der Waals surface area contributed by atoms with Crippen molar-refractivity contribution in [3.63, 3.8) is 0 Å². The van der Waals surface area contributed by atoms with E-state index in [-0.39, 0.29) is 22.8 Å². The van der Waals surface area contributed by atoms with Gasteiger partial charge in [0.15, 0.2) is 11.5 Å². The summed E-state index contributed by atoms with van der Waals surface area (Å²) in [6.45, 7) is 0.298. The van der Waals surface area contributed by atoms with Crippen LogP contribution in [0.5, 0.6) is 11.5 Å². The Balaban J connectivity index is 1.94. The first-order valence-corrected chi connectivity index (χ1v) is 9.53. The van der Waals surface area contributed by atoms with Crippen LogP contribution in [0, 0.1) is 10.1 Å². The molecule has 0 aliphatic carbocycles. The Morgan fingerprint density at radius 1 is 1.16 bits per heavy atom. The molecule has 11 heteroatoms. The van der Waals surface area contributed by atoms with Gasteiger partial charge in [0.1, 0.15) is 11.1 Å². The number of carboxylic acids is 1. The molecule has 1 amide bonds. The van der Waals surface area contributed by atoms with Crippen molar-refractivity contribution in [3.05, 3.63) is 57.1 Å². The highest BCUT2D eigenvalue weighted by Crippen LogP contribution is 2.28. The fourth-order valence-corrected chi connectivity index (χ4v) is 2.99. The highest BCUT2D eigenvalue weighted by Gasteiger charge is 2.21. The van der Waals surface area contributed by atoms with Crippen molar-refractivity contribution in [2.45, 2.75) is 18.9 Å². The first kappa shape index (κ1) is 23.9. The average Bonchev–Trinajstić information content (AvgIpc) is 2.73. The second kappa shape index (κ2) is 11.1. The molecule has 2 aromatic carbocycles. The number of hydrogen-bond acceptors (Lipinski definition) is 7. The van der Waals surface area contributed by atoms with Gasteiger partial charge in [0.25, 0.3) is 5.69 Å². The molecule has 10 nitrogen and oxygen atoms in total. The monoisotopic (exact) mass is 451 g/mol. The number of rotatable bonds is 11. The van der Waals surface area contributed by atoms with E-state index in [1.165, 1.54) is 26.4 Å². The van der Waals surface area contributed by atoms with Crippen LogP contribution in [0.3, 0.4) is 0 Å². The van der Waals surface area contributed by atoms with E-state index >= 15 is 0 Å². The molecule has 31 heavy (non-hydrogen) atoms. The van der Waals surface area contributed by atoms with E-state index in [1.807, 2.05) is 6.07 Å². The number of nitro benzene ring substituents is 1. The third-order valence-corrected chi connectivity index (χ3v) is 4.69. The number of aliphatic carboxylic acids is 1. The van der Waals surface area contributed by atoms with Crippen LogP contribution in [0.25, 0.3) is 0 Å². The molecule has 0 radical (unpaired) electrons. The van der Waals surface area contributed by atoms with Crippen molar-refractivity contribution in [2.75, 3.05) is 26.1 Å². The smallest absolute Gasteiger partial charge is 0.321 e. The lowest BCUT2D eigenvalue weighted by Gasteiger charge is -2.15. The Morgan fingerprint density at radius 2 is 1.87 bits per heavy atom. The molecule has 2 rings (SSSR count). The Morgan fingerprint density at radius 3 is 2.48 bits per heavy atom. The molecule has 0 heterocycles. The number of halogens is 1. The van der Waals surface area contributed by atoms with Crippen molar-refractivity contribution in [1.82, 2.24) is 5.32 Å². The highest BCUT2D eigenvalue weighted by molar-refractivity contribution is 6.32. The van der Waals surface area contributed by atoms with Crippen LogP contribution in [-0.2, 0) is 16.0 Å². The minimum atomic E-state index is -1.19. The predicted molar refractivity (Wildman–Crippen MR) is 114 cm³/mol. The van der Waals surface area contributed by atoms with Crippen LogP contribution >= 0.6 is 11.6 Å². The molecule has 0 spiro atoms. The number of carbonyl (C=O) groups excluding carboxylic acids is 1. The number of amides is 1. The number of methoxy groups -OCH3 is 2. The van der Waals surface area contributed by atoms with Gasteiger partial charge in [0, 0.05) is 11.8 Å². The van der Waals surface area contributed by atoms with Gasteiger partial charge in [0.2, 0.25) is 5.91 Å². The van der Waals surface area contributed by atoms with Crippen LogP contribution in [0.1, 0.15) is 12.0 Å². The van der Waals surface area contributed by atoms with E-state index in [0.29, 0.717) is 24.5 Å². The predicted octanol–water partition coefficient (Wildman–Crippen LogP) is 2.88. The Hall–Kier alpha value is -3.37. The molecule has 1 unspecified atom stereocenters. The van der Waals surface area contributed by atoms with Crippen molar-refractivity contribution < 1.29 is 29.1 Å². The van der Waals surface area contributed by atoms with E-state index in [1.54, 1.807) is 12.1 Å². The zero-order valence-corrected chi connectivity index (χ0v) is 17.6. The maximum atomic E-state index is 12.2. The van der Waals surface area contributed by atoms with E-state index in [4.69, 9.17) is 21.1 Å². The van der Waals surface area contributed by atoms with Gasteiger partial charge in [-0.3, -0.25) is 19.7 Å². The number of hydrogen-bond donors (Lipinski definition) is 3. The summed E-state index contributed by atoms with van der Waals surface area (Å²) in [4.78, 5) is 34.0. The molecule has 3 N–H and O–H groups in total. The number of nitrogens with one attached hydrogen (secondary N) is 2. The molecule has 0 bridgehead atoms. The maximum absolute atomic E-state index is 12.2. The number of anilines is 1. The van der Waals surface area contributed by atoms with Crippen molar-refractivity contribution >= 4 is 34.9 Å². The van der Waals surface area contributed by atoms with Crippen LogP contribution < -0.4 is 20.1 Å². The third kappa shape index (κ3) is 6.83. The minimum Gasteiger partial charge on any atom is -0.493 e. The molecular weight excluding hydrogens is 430 g/mol. The maximum Gasteiger partial charge on any atom is 0.321 e. The van der Waals surface area contributed by atoms with Gasteiger partial charge in [-0.25, -0.2) is 0 Å². The molecule has 0 fully saturated rings. The normalized spacial score (nSPS) is 11.5. The summed E-state index contributed by atoms with van der Waals surface area (Å²) in [5, 5.41) is 25.6. The molecule has 0 aliphatic rings. The second-order valence-electron chi connectivity index (χ2n) is 6.46. The van der Waals surface area contributed by atoms with Crippen LogP contribution in [0.4, 0.5) is 11.4 Å². The minimum absolute atomic E-state index is 0.0664. The molecule has 166 valence electrons. The first-order chi connectivity index (χ1) is 14.7. The van der Waals surface area contributed by atoms with Gasteiger partial charge in [-0.1, -0.05) is 17.7 Å². The zero-order chi connectivity index (χ0) is 23.0. The standard InChI is InChI=1S/C20H22ClN3O7/c1-30-17-6-3-12(9-18(17)31-2)7-8-22-15(20(26)27)11-19(25)23-13-4-5-14(21)16(10-13)24(28)29/h3-6,9-10,15,22H,7-8,11H2,1-2H3,(H,23,25)(H,26,27). The summed E-state index contributed by atoms with van der Waals surface area (Å²) in [5.41, 5.74) is 0.685. The van der Waals surface area contributed by atoms with E-state index in [0.717, 1.165) is 11.6 Å². The molecule has 0 saturated heterocycles. The molecule has 0 aliphatic heterocycles. The fourth-order valence-electron chi connectivity index (χ4n) is 2.80. The SMILES string of the molecule is COc1ccc(CCNC(CC(=O)Nc2ccc(Cl)c([N+](=O)[O-])c2)C(=O)O)cc1OC. The number of benzene rings is 2. The molecular formula is C20H22ClN3O7.